The Balaban J connectivity index is 1.47. The Morgan fingerprint density at radius 2 is 1.72 bits per heavy atom. The van der Waals surface area contributed by atoms with Crippen molar-refractivity contribution in [1.82, 2.24) is 15.6 Å². The number of benzene rings is 2. The quantitative estimate of drug-likeness (QED) is 0.620. The highest BCUT2D eigenvalue weighted by Crippen LogP contribution is 2.20. The van der Waals surface area contributed by atoms with Gasteiger partial charge < -0.3 is 15.6 Å². The van der Waals surface area contributed by atoms with Crippen molar-refractivity contribution >= 4 is 16.9 Å². The number of carbonyl (C=O) groups excluding carboxylic acids is 1. The van der Waals surface area contributed by atoms with Crippen LogP contribution in [0.2, 0.25) is 0 Å². The molecule has 130 valence electrons. The number of hydrogen-bond donors (Lipinski definition) is 3. The van der Waals surface area contributed by atoms with Crippen molar-refractivity contribution in [2.45, 2.75) is 26.8 Å². The maximum atomic E-state index is 12.1. The summed E-state index contributed by atoms with van der Waals surface area (Å²) in [5.74, 6) is 0. The van der Waals surface area contributed by atoms with E-state index in [0.717, 1.165) is 23.0 Å². The zero-order valence-corrected chi connectivity index (χ0v) is 14.8. The molecule has 4 nitrogen and oxygen atoms in total. The number of aromatic amines is 1. The Bertz CT molecular complexity index is 803. The van der Waals surface area contributed by atoms with Crippen LogP contribution in [0.15, 0.2) is 60.7 Å². The van der Waals surface area contributed by atoms with Gasteiger partial charge in [-0.2, -0.15) is 0 Å². The van der Waals surface area contributed by atoms with Crippen LogP contribution in [0.3, 0.4) is 0 Å². The van der Waals surface area contributed by atoms with E-state index in [0.29, 0.717) is 13.1 Å². The van der Waals surface area contributed by atoms with Crippen LogP contribution in [0.5, 0.6) is 0 Å². The summed E-state index contributed by atoms with van der Waals surface area (Å²) in [6, 6.07) is 20.4. The molecule has 3 N–H and O–H groups in total. The van der Waals surface area contributed by atoms with Gasteiger partial charge in [0.1, 0.15) is 0 Å². The molecule has 1 aromatic heterocycles. The van der Waals surface area contributed by atoms with Crippen LogP contribution in [-0.2, 0) is 13.0 Å². The van der Waals surface area contributed by atoms with Gasteiger partial charge >= 0.3 is 6.03 Å². The first kappa shape index (κ1) is 17.1. The van der Waals surface area contributed by atoms with Crippen molar-refractivity contribution in [3.63, 3.8) is 0 Å². The Labute approximate surface area is 148 Å². The first-order valence-electron chi connectivity index (χ1n) is 8.64. The highest BCUT2D eigenvalue weighted by molar-refractivity contribution is 5.80. The average molecular weight is 335 g/mol. The molecule has 1 heterocycles. The molecule has 0 bridgehead atoms. The van der Waals surface area contributed by atoms with Crippen LogP contribution in [0.25, 0.3) is 10.9 Å². The summed E-state index contributed by atoms with van der Waals surface area (Å²) in [6.07, 6.45) is 0.927. The third kappa shape index (κ3) is 4.86. The Morgan fingerprint density at radius 1 is 1.00 bits per heavy atom. The van der Waals surface area contributed by atoms with Gasteiger partial charge in [-0.05, 0) is 34.9 Å². The van der Waals surface area contributed by atoms with Crippen molar-refractivity contribution in [3.05, 3.63) is 71.9 Å². The summed E-state index contributed by atoms with van der Waals surface area (Å²) in [7, 11) is 0. The summed E-state index contributed by atoms with van der Waals surface area (Å²) < 4.78 is 0. The van der Waals surface area contributed by atoms with Crippen LogP contribution in [0.4, 0.5) is 4.79 Å². The molecule has 3 aromatic rings. The van der Waals surface area contributed by atoms with Crippen molar-refractivity contribution in [1.29, 1.82) is 0 Å². The number of amides is 2. The Hall–Kier alpha value is -2.75. The van der Waals surface area contributed by atoms with E-state index < -0.39 is 0 Å². The molecular formula is C21H25N3O. The number of H-pyrrole nitrogens is 1. The fourth-order valence-corrected chi connectivity index (χ4v) is 3.00. The summed E-state index contributed by atoms with van der Waals surface area (Å²) in [6.45, 7) is 5.44. The predicted octanol–water partition coefficient (Wildman–Crippen LogP) is 4.24. The fraction of sp³-hybridized carbons (Fsp3) is 0.286. The molecule has 25 heavy (non-hydrogen) atoms. The first-order chi connectivity index (χ1) is 12.0. The number of nitrogens with one attached hydrogen (secondary N) is 3. The largest absolute Gasteiger partial charge is 0.357 e. The molecule has 0 unspecified atom stereocenters. The summed E-state index contributed by atoms with van der Waals surface area (Å²) >= 11 is 0. The monoisotopic (exact) mass is 335 g/mol. The molecule has 0 aliphatic carbocycles. The van der Waals surface area contributed by atoms with Gasteiger partial charge in [0.05, 0.1) is 6.54 Å². The minimum Gasteiger partial charge on any atom is -0.357 e. The molecule has 0 radical (unpaired) electrons. The predicted molar refractivity (Wildman–Crippen MR) is 102 cm³/mol. The third-order valence-electron chi connectivity index (χ3n) is 4.28. The van der Waals surface area contributed by atoms with Gasteiger partial charge in [-0.15, -0.1) is 0 Å². The number of rotatable bonds is 6. The van der Waals surface area contributed by atoms with E-state index in [1.54, 1.807) is 0 Å². The van der Waals surface area contributed by atoms with Crippen LogP contribution >= 0.6 is 0 Å². The van der Waals surface area contributed by atoms with Crippen molar-refractivity contribution in [2.24, 2.45) is 5.41 Å². The minimum absolute atomic E-state index is 0.000193. The van der Waals surface area contributed by atoms with Gasteiger partial charge in [0, 0.05) is 17.8 Å². The topological polar surface area (TPSA) is 56.9 Å². The number of fused-ring (bicyclic) bond motifs is 1. The minimum atomic E-state index is -0.139. The molecule has 2 amide bonds. The number of aromatic nitrogens is 1. The number of urea groups is 1. The van der Waals surface area contributed by atoms with E-state index in [9.17, 15) is 4.79 Å². The molecule has 0 aliphatic rings. The first-order valence-corrected chi connectivity index (χ1v) is 8.64. The molecule has 0 spiro atoms. The summed E-state index contributed by atoms with van der Waals surface area (Å²) in [5.41, 5.74) is 3.37. The highest BCUT2D eigenvalue weighted by atomic mass is 16.2. The zero-order chi connectivity index (χ0) is 17.7. The maximum absolute atomic E-state index is 12.1. The van der Waals surface area contributed by atoms with Crippen molar-refractivity contribution in [2.75, 3.05) is 6.54 Å². The maximum Gasteiger partial charge on any atom is 0.315 e. The lowest BCUT2D eigenvalue weighted by Gasteiger charge is -2.25. The van der Waals surface area contributed by atoms with E-state index in [4.69, 9.17) is 0 Å². The molecule has 2 aromatic carbocycles. The van der Waals surface area contributed by atoms with Gasteiger partial charge in [0.15, 0.2) is 0 Å². The van der Waals surface area contributed by atoms with E-state index in [2.05, 4.69) is 53.7 Å². The third-order valence-corrected chi connectivity index (χ3v) is 4.28. The van der Waals surface area contributed by atoms with Crippen LogP contribution in [0.1, 0.15) is 25.1 Å². The molecule has 0 aliphatic heterocycles. The molecule has 3 rings (SSSR count). The molecule has 0 fully saturated rings. The summed E-state index contributed by atoms with van der Waals surface area (Å²) in [4.78, 5) is 15.4. The Kier molecular flexibility index (Phi) is 5.08. The van der Waals surface area contributed by atoms with Crippen LogP contribution < -0.4 is 10.6 Å². The van der Waals surface area contributed by atoms with Gasteiger partial charge in [0.25, 0.3) is 0 Å². The normalized spacial score (nSPS) is 11.4. The number of carbonyl (C=O) groups is 1. The zero-order valence-electron chi connectivity index (χ0n) is 14.8. The van der Waals surface area contributed by atoms with Gasteiger partial charge in [-0.1, -0.05) is 62.4 Å². The molecular weight excluding hydrogens is 310 g/mol. The average Bonchev–Trinajstić information content (AvgIpc) is 3.02. The highest BCUT2D eigenvalue weighted by Gasteiger charge is 2.19. The second kappa shape index (κ2) is 7.43. The SMILES string of the molecule is CC(C)(CNC(=O)NCc1cc2ccccc2[nH]1)Cc1ccccc1. The van der Waals surface area contributed by atoms with Gasteiger partial charge in [0.2, 0.25) is 0 Å². The van der Waals surface area contributed by atoms with Gasteiger partial charge in [-0.25, -0.2) is 4.79 Å². The standard InChI is InChI=1S/C21H25N3O/c1-21(2,13-16-8-4-3-5-9-16)15-23-20(25)22-14-18-12-17-10-6-7-11-19(17)24-18/h3-12,24H,13-15H2,1-2H3,(H2,22,23,25). The van der Waals surface area contributed by atoms with Gasteiger partial charge in [-0.3, -0.25) is 0 Å². The lowest BCUT2D eigenvalue weighted by Crippen LogP contribution is -2.41. The van der Waals surface area contributed by atoms with E-state index in [1.165, 1.54) is 5.56 Å². The molecule has 0 saturated heterocycles. The second-order valence-electron chi connectivity index (χ2n) is 7.24. The number of hydrogen-bond acceptors (Lipinski definition) is 1. The molecule has 4 heteroatoms. The van der Waals surface area contributed by atoms with E-state index in [-0.39, 0.29) is 11.4 Å². The lowest BCUT2D eigenvalue weighted by molar-refractivity contribution is 0.233. The van der Waals surface area contributed by atoms with Crippen molar-refractivity contribution in [3.8, 4) is 0 Å². The smallest absolute Gasteiger partial charge is 0.315 e. The van der Waals surface area contributed by atoms with E-state index in [1.807, 2.05) is 36.4 Å². The van der Waals surface area contributed by atoms with E-state index >= 15 is 0 Å². The van der Waals surface area contributed by atoms with Crippen molar-refractivity contribution < 1.29 is 4.79 Å². The van der Waals surface area contributed by atoms with Crippen LogP contribution in [-0.4, -0.2) is 17.6 Å². The lowest BCUT2D eigenvalue weighted by atomic mass is 9.86. The number of para-hydroxylation sites is 1. The second-order valence-corrected chi connectivity index (χ2v) is 7.24. The molecule has 0 saturated carbocycles. The molecule has 0 atom stereocenters. The Morgan fingerprint density at radius 3 is 2.48 bits per heavy atom. The summed E-state index contributed by atoms with van der Waals surface area (Å²) in [5, 5.41) is 7.05. The fourth-order valence-electron chi connectivity index (χ4n) is 3.00. The van der Waals surface area contributed by atoms with Crippen LogP contribution in [0, 0.1) is 5.41 Å².